The van der Waals surface area contributed by atoms with Gasteiger partial charge in [0.15, 0.2) is 5.13 Å². The Bertz CT molecular complexity index is 770. The van der Waals surface area contributed by atoms with Crippen LogP contribution in [0.2, 0.25) is 0 Å². The van der Waals surface area contributed by atoms with Gasteiger partial charge in [-0.15, -0.1) is 0 Å². The lowest BCUT2D eigenvalue weighted by Crippen LogP contribution is -2.07. The van der Waals surface area contributed by atoms with Crippen molar-refractivity contribution in [3.8, 4) is 0 Å². The van der Waals surface area contributed by atoms with Crippen molar-refractivity contribution in [2.45, 2.75) is 0 Å². The first-order chi connectivity index (χ1) is 10.5. The SMILES string of the molecule is O=C(/C=C/c1cccc([N+](=O)[O-])c1)Nc1ncc([N+](=O)[O-])s1. The zero-order valence-electron chi connectivity index (χ0n) is 10.8. The Morgan fingerprint density at radius 2 is 2.05 bits per heavy atom. The Hall–Kier alpha value is -3.14. The van der Waals surface area contributed by atoms with Gasteiger partial charge in [-0.05, 0) is 23.0 Å². The van der Waals surface area contributed by atoms with Crippen LogP contribution < -0.4 is 5.32 Å². The molecule has 0 saturated heterocycles. The number of hydrogen-bond donors (Lipinski definition) is 1. The van der Waals surface area contributed by atoms with Gasteiger partial charge in [0.25, 0.3) is 5.69 Å². The van der Waals surface area contributed by atoms with Gasteiger partial charge >= 0.3 is 5.00 Å². The molecule has 0 fully saturated rings. The smallest absolute Gasteiger partial charge is 0.298 e. The van der Waals surface area contributed by atoms with Gasteiger partial charge in [0.1, 0.15) is 6.20 Å². The molecule has 0 unspecified atom stereocenters. The third-order valence-electron chi connectivity index (χ3n) is 2.41. The van der Waals surface area contributed by atoms with E-state index in [0.717, 1.165) is 23.6 Å². The summed E-state index contributed by atoms with van der Waals surface area (Å²) >= 11 is 0.732. The number of nitrogens with one attached hydrogen (secondary N) is 1. The summed E-state index contributed by atoms with van der Waals surface area (Å²) in [5.41, 5.74) is 0.396. The zero-order chi connectivity index (χ0) is 16.1. The number of carbonyl (C=O) groups excluding carboxylic acids is 1. The highest BCUT2D eigenvalue weighted by molar-refractivity contribution is 7.18. The van der Waals surface area contributed by atoms with Crippen molar-refractivity contribution in [1.29, 1.82) is 0 Å². The van der Waals surface area contributed by atoms with Crippen LogP contribution >= 0.6 is 11.3 Å². The van der Waals surface area contributed by atoms with E-state index in [1.165, 1.54) is 24.3 Å². The maximum Gasteiger partial charge on any atom is 0.345 e. The van der Waals surface area contributed by atoms with Gasteiger partial charge in [-0.3, -0.25) is 30.3 Å². The molecular formula is C12H8N4O5S. The van der Waals surface area contributed by atoms with Crippen molar-refractivity contribution in [3.63, 3.8) is 0 Å². The molecule has 1 aromatic heterocycles. The molecule has 9 nitrogen and oxygen atoms in total. The quantitative estimate of drug-likeness (QED) is 0.512. The average Bonchev–Trinajstić information content (AvgIpc) is 2.94. The van der Waals surface area contributed by atoms with Crippen LogP contribution in [0.15, 0.2) is 36.5 Å². The number of nitro groups is 2. The maximum absolute atomic E-state index is 11.6. The number of non-ortho nitro benzene ring substituents is 1. The predicted octanol–water partition coefficient (Wildman–Crippen LogP) is 2.61. The monoisotopic (exact) mass is 320 g/mol. The number of carbonyl (C=O) groups is 1. The number of aromatic nitrogens is 1. The Morgan fingerprint density at radius 1 is 1.27 bits per heavy atom. The molecule has 2 rings (SSSR count). The van der Waals surface area contributed by atoms with Gasteiger partial charge in [0.2, 0.25) is 5.91 Å². The predicted molar refractivity (Wildman–Crippen MR) is 79.5 cm³/mol. The first kappa shape index (κ1) is 15.3. The molecular weight excluding hydrogens is 312 g/mol. The van der Waals surface area contributed by atoms with E-state index in [2.05, 4.69) is 10.3 Å². The highest BCUT2D eigenvalue weighted by Gasteiger charge is 2.12. The summed E-state index contributed by atoms with van der Waals surface area (Å²) in [6.45, 7) is 0. The molecule has 1 amide bonds. The molecule has 0 aliphatic heterocycles. The molecule has 0 aliphatic rings. The second-order valence-electron chi connectivity index (χ2n) is 3.94. The molecule has 1 aromatic carbocycles. The van der Waals surface area contributed by atoms with E-state index in [1.807, 2.05) is 0 Å². The summed E-state index contributed by atoms with van der Waals surface area (Å²) < 4.78 is 0. The topological polar surface area (TPSA) is 128 Å². The second-order valence-corrected chi connectivity index (χ2v) is 4.94. The lowest BCUT2D eigenvalue weighted by molar-refractivity contribution is -0.384. The largest absolute Gasteiger partial charge is 0.345 e. The summed E-state index contributed by atoms with van der Waals surface area (Å²) in [6, 6.07) is 5.76. The number of hydrogen-bond acceptors (Lipinski definition) is 7. The first-order valence-electron chi connectivity index (χ1n) is 5.79. The summed E-state index contributed by atoms with van der Waals surface area (Å²) in [7, 11) is 0. The number of rotatable bonds is 5. The van der Waals surface area contributed by atoms with E-state index in [4.69, 9.17) is 0 Å². The van der Waals surface area contributed by atoms with E-state index in [0.29, 0.717) is 5.56 Å². The molecule has 22 heavy (non-hydrogen) atoms. The standard InChI is InChI=1S/C12H8N4O5S/c17-10(14-12-13-7-11(22-12)16(20)21)5-4-8-2-1-3-9(6-8)15(18)19/h1-7H,(H,13,14,17)/b5-4+. The van der Waals surface area contributed by atoms with Crippen molar-refractivity contribution in [1.82, 2.24) is 4.98 Å². The second kappa shape index (κ2) is 6.54. The van der Waals surface area contributed by atoms with Gasteiger partial charge in [0.05, 0.1) is 9.85 Å². The fourth-order valence-electron chi connectivity index (χ4n) is 1.47. The molecule has 1 N–H and O–H groups in total. The summed E-state index contributed by atoms with van der Waals surface area (Å²) in [4.78, 5) is 35.3. The lowest BCUT2D eigenvalue weighted by Gasteiger charge is -1.96. The van der Waals surface area contributed by atoms with E-state index >= 15 is 0 Å². The van der Waals surface area contributed by atoms with Gasteiger partial charge in [0, 0.05) is 18.2 Å². The Balaban J connectivity index is 2.03. The fourth-order valence-corrected chi connectivity index (χ4v) is 2.10. The van der Waals surface area contributed by atoms with Gasteiger partial charge < -0.3 is 0 Å². The molecule has 10 heteroatoms. The highest BCUT2D eigenvalue weighted by Crippen LogP contribution is 2.24. The molecule has 0 saturated carbocycles. The maximum atomic E-state index is 11.6. The minimum atomic E-state index is -0.605. The van der Waals surface area contributed by atoms with Gasteiger partial charge in [-0.1, -0.05) is 12.1 Å². The number of anilines is 1. The lowest BCUT2D eigenvalue weighted by atomic mass is 10.2. The minimum absolute atomic E-state index is 0.0851. The van der Waals surface area contributed by atoms with Crippen LogP contribution in [0.25, 0.3) is 6.08 Å². The normalized spacial score (nSPS) is 10.5. The molecule has 1 heterocycles. The average molecular weight is 320 g/mol. The third kappa shape index (κ3) is 3.93. The van der Waals surface area contributed by atoms with Crippen LogP contribution in [-0.4, -0.2) is 20.7 Å². The fraction of sp³-hybridized carbons (Fsp3) is 0. The molecule has 0 atom stereocenters. The molecule has 112 valence electrons. The third-order valence-corrected chi connectivity index (χ3v) is 3.28. The Kier molecular flexibility index (Phi) is 4.53. The van der Waals surface area contributed by atoms with Crippen molar-refractivity contribution in [2.24, 2.45) is 0 Å². The summed E-state index contributed by atoms with van der Waals surface area (Å²) in [5, 5.41) is 23.4. The van der Waals surface area contributed by atoms with E-state index in [1.54, 1.807) is 6.07 Å². The van der Waals surface area contributed by atoms with Crippen molar-refractivity contribution in [2.75, 3.05) is 5.32 Å². The van der Waals surface area contributed by atoms with Gasteiger partial charge in [-0.2, -0.15) is 0 Å². The number of nitrogens with zero attached hydrogens (tertiary/aromatic N) is 3. The zero-order valence-corrected chi connectivity index (χ0v) is 11.6. The van der Waals surface area contributed by atoms with Crippen LogP contribution in [0.4, 0.5) is 15.8 Å². The first-order valence-corrected chi connectivity index (χ1v) is 6.61. The van der Waals surface area contributed by atoms with Crippen LogP contribution in [0.5, 0.6) is 0 Å². The Morgan fingerprint density at radius 3 is 2.68 bits per heavy atom. The van der Waals surface area contributed by atoms with E-state index in [9.17, 15) is 25.0 Å². The number of thiazole rings is 1. The highest BCUT2D eigenvalue weighted by atomic mass is 32.1. The van der Waals surface area contributed by atoms with E-state index < -0.39 is 15.8 Å². The van der Waals surface area contributed by atoms with E-state index in [-0.39, 0.29) is 15.8 Å². The van der Waals surface area contributed by atoms with Crippen LogP contribution in [-0.2, 0) is 4.79 Å². The minimum Gasteiger partial charge on any atom is -0.298 e. The molecule has 2 aromatic rings. The molecule has 0 spiro atoms. The van der Waals surface area contributed by atoms with Crippen molar-refractivity contribution >= 4 is 39.1 Å². The molecule has 0 aliphatic carbocycles. The van der Waals surface area contributed by atoms with Crippen LogP contribution in [0.1, 0.15) is 5.56 Å². The number of amides is 1. The summed E-state index contributed by atoms with van der Waals surface area (Å²) in [6.07, 6.45) is 3.60. The number of nitro benzene ring substituents is 1. The Labute approximate surface area is 127 Å². The van der Waals surface area contributed by atoms with Crippen LogP contribution in [0, 0.1) is 20.2 Å². The van der Waals surface area contributed by atoms with Crippen molar-refractivity contribution < 1.29 is 14.6 Å². The summed E-state index contributed by atoms with van der Waals surface area (Å²) in [5.74, 6) is -0.546. The van der Waals surface area contributed by atoms with Gasteiger partial charge in [-0.25, -0.2) is 4.98 Å². The molecule has 0 radical (unpaired) electrons. The number of benzene rings is 1. The molecule has 0 bridgehead atoms. The van der Waals surface area contributed by atoms with Crippen molar-refractivity contribution in [3.05, 3.63) is 62.3 Å². The van der Waals surface area contributed by atoms with Crippen LogP contribution in [0.3, 0.4) is 0 Å².